The number of esters is 1. The van der Waals surface area contributed by atoms with Crippen molar-refractivity contribution in [2.24, 2.45) is 0 Å². The molecule has 0 saturated heterocycles. The minimum atomic E-state index is -0.577. The van der Waals surface area contributed by atoms with E-state index in [1.54, 1.807) is 6.07 Å². The van der Waals surface area contributed by atoms with Crippen molar-refractivity contribution < 1.29 is 18.3 Å². The molecule has 0 aliphatic rings. The van der Waals surface area contributed by atoms with Gasteiger partial charge < -0.3 is 4.74 Å². The summed E-state index contributed by atoms with van der Waals surface area (Å²) in [6, 6.07) is 5.14. The molecule has 0 aliphatic carbocycles. The molecule has 0 atom stereocenters. The molecular formula is C13H11F2NO2. The molecule has 0 aliphatic heterocycles. The van der Waals surface area contributed by atoms with Crippen molar-refractivity contribution in [3.8, 4) is 0 Å². The Balaban J connectivity index is 2.32. The fraction of sp³-hybridized carbons (Fsp3) is 0.231. The first kappa shape index (κ1) is 12.4. The number of aromatic nitrogens is 1. The second-order valence-electron chi connectivity index (χ2n) is 3.80. The van der Waals surface area contributed by atoms with Gasteiger partial charge in [0.05, 0.1) is 13.5 Å². The van der Waals surface area contributed by atoms with Crippen molar-refractivity contribution in [1.82, 2.24) is 4.98 Å². The molecular weight excluding hydrogens is 240 g/mol. The van der Waals surface area contributed by atoms with Crippen molar-refractivity contribution in [3.63, 3.8) is 0 Å². The average Bonchev–Trinajstić information content (AvgIpc) is 2.40. The van der Waals surface area contributed by atoms with E-state index < -0.39 is 11.6 Å². The van der Waals surface area contributed by atoms with E-state index in [9.17, 15) is 13.6 Å². The van der Waals surface area contributed by atoms with E-state index in [4.69, 9.17) is 0 Å². The second-order valence-corrected chi connectivity index (χ2v) is 3.80. The maximum Gasteiger partial charge on any atom is 0.305 e. The van der Waals surface area contributed by atoms with E-state index in [1.165, 1.54) is 13.2 Å². The zero-order chi connectivity index (χ0) is 13.1. The third kappa shape index (κ3) is 2.45. The molecule has 18 heavy (non-hydrogen) atoms. The Morgan fingerprint density at radius 1 is 1.22 bits per heavy atom. The Hall–Kier alpha value is -2.04. The quantitative estimate of drug-likeness (QED) is 0.787. The predicted octanol–water partition coefficient (Wildman–Crippen LogP) is 2.62. The van der Waals surface area contributed by atoms with Crippen molar-refractivity contribution in [1.29, 1.82) is 0 Å². The summed E-state index contributed by atoms with van der Waals surface area (Å²) in [5, 5.41) is 0.136. The minimum Gasteiger partial charge on any atom is -0.469 e. The molecule has 0 spiro atoms. The first-order chi connectivity index (χ1) is 8.61. The number of hydrogen-bond donors (Lipinski definition) is 0. The highest BCUT2D eigenvalue weighted by atomic mass is 19.1. The van der Waals surface area contributed by atoms with Crippen LogP contribution in [0.15, 0.2) is 24.3 Å². The maximum absolute atomic E-state index is 13.5. The zero-order valence-corrected chi connectivity index (χ0v) is 9.74. The van der Waals surface area contributed by atoms with Crippen LogP contribution in [0, 0.1) is 11.6 Å². The van der Waals surface area contributed by atoms with Crippen LogP contribution in [0.3, 0.4) is 0 Å². The first-order valence-electron chi connectivity index (χ1n) is 5.42. The van der Waals surface area contributed by atoms with Gasteiger partial charge in [0, 0.05) is 17.5 Å². The van der Waals surface area contributed by atoms with Crippen LogP contribution in [0.1, 0.15) is 12.1 Å². The van der Waals surface area contributed by atoms with Crippen LogP contribution in [0.2, 0.25) is 0 Å². The number of aryl methyl sites for hydroxylation is 1. The lowest BCUT2D eigenvalue weighted by molar-refractivity contribution is -0.140. The highest BCUT2D eigenvalue weighted by molar-refractivity contribution is 5.80. The maximum atomic E-state index is 13.5. The number of nitrogens with zero attached hydrogens (tertiary/aromatic N) is 1. The van der Waals surface area contributed by atoms with Crippen LogP contribution >= 0.6 is 0 Å². The number of benzene rings is 1. The smallest absolute Gasteiger partial charge is 0.305 e. The second kappa shape index (κ2) is 5.08. The molecule has 0 bridgehead atoms. The van der Waals surface area contributed by atoms with Gasteiger partial charge in [-0.2, -0.15) is 0 Å². The summed E-state index contributed by atoms with van der Waals surface area (Å²) in [6.45, 7) is 0. The summed E-state index contributed by atoms with van der Waals surface area (Å²) in [6.07, 6.45) is 0.491. The molecule has 0 saturated carbocycles. The molecule has 2 rings (SSSR count). The van der Waals surface area contributed by atoms with E-state index in [0.29, 0.717) is 12.1 Å². The zero-order valence-electron chi connectivity index (χ0n) is 9.74. The fourth-order valence-electron chi connectivity index (χ4n) is 1.66. The van der Waals surface area contributed by atoms with Crippen LogP contribution in [-0.2, 0) is 16.0 Å². The largest absolute Gasteiger partial charge is 0.469 e. The third-order valence-corrected chi connectivity index (χ3v) is 2.63. The summed E-state index contributed by atoms with van der Waals surface area (Å²) >= 11 is 0. The standard InChI is InChI=1S/C13H11F2NO2/c1-18-12(17)7-3-8-2-4-9-10(14)5-6-11(15)13(9)16-8/h2,4-6H,3,7H2,1H3. The van der Waals surface area contributed by atoms with Crippen LogP contribution in [0.25, 0.3) is 10.9 Å². The Kier molecular flexibility index (Phi) is 3.50. The summed E-state index contributed by atoms with van der Waals surface area (Å²) in [5.74, 6) is -1.46. The van der Waals surface area contributed by atoms with Crippen molar-refractivity contribution in [2.45, 2.75) is 12.8 Å². The molecule has 5 heteroatoms. The summed E-state index contributed by atoms with van der Waals surface area (Å²) in [4.78, 5) is 15.0. The Bertz CT molecular complexity index is 599. The van der Waals surface area contributed by atoms with Gasteiger partial charge in [-0.1, -0.05) is 0 Å². The molecule has 2 aromatic rings. The Morgan fingerprint density at radius 3 is 2.67 bits per heavy atom. The van der Waals surface area contributed by atoms with Gasteiger partial charge in [0.25, 0.3) is 0 Å². The normalized spacial score (nSPS) is 10.6. The highest BCUT2D eigenvalue weighted by Crippen LogP contribution is 2.20. The lowest BCUT2D eigenvalue weighted by Crippen LogP contribution is -2.03. The number of ether oxygens (including phenoxy) is 1. The van der Waals surface area contributed by atoms with Crippen molar-refractivity contribution in [3.05, 3.63) is 41.6 Å². The highest BCUT2D eigenvalue weighted by Gasteiger charge is 2.09. The van der Waals surface area contributed by atoms with Gasteiger partial charge in [0.2, 0.25) is 0 Å². The van der Waals surface area contributed by atoms with Crippen LogP contribution in [0.4, 0.5) is 8.78 Å². The predicted molar refractivity (Wildman–Crippen MR) is 62.0 cm³/mol. The molecule has 94 valence electrons. The van der Waals surface area contributed by atoms with Gasteiger partial charge in [-0.25, -0.2) is 13.8 Å². The van der Waals surface area contributed by atoms with Gasteiger partial charge in [-0.05, 0) is 24.3 Å². The Morgan fingerprint density at radius 2 is 1.94 bits per heavy atom. The SMILES string of the molecule is COC(=O)CCc1ccc2c(F)ccc(F)c2n1. The number of rotatable bonds is 3. The number of fused-ring (bicyclic) bond motifs is 1. The van der Waals surface area contributed by atoms with Crippen LogP contribution in [-0.4, -0.2) is 18.1 Å². The molecule has 0 radical (unpaired) electrons. The van der Waals surface area contributed by atoms with E-state index in [0.717, 1.165) is 12.1 Å². The summed E-state index contributed by atoms with van der Waals surface area (Å²) < 4.78 is 31.4. The van der Waals surface area contributed by atoms with E-state index >= 15 is 0 Å². The molecule has 0 amide bonds. The van der Waals surface area contributed by atoms with Crippen molar-refractivity contribution >= 4 is 16.9 Å². The number of pyridine rings is 1. The molecule has 1 heterocycles. The van der Waals surface area contributed by atoms with Crippen LogP contribution in [0.5, 0.6) is 0 Å². The van der Waals surface area contributed by atoms with E-state index in [1.807, 2.05) is 0 Å². The molecule has 0 N–H and O–H groups in total. The van der Waals surface area contributed by atoms with Gasteiger partial charge in [0.15, 0.2) is 0 Å². The van der Waals surface area contributed by atoms with Crippen molar-refractivity contribution in [2.75, 3.05) is 7.11 Å². The fourth-order valence-corrected chi connectivity index (χ4v) is 1.66. The summed E-state index contributed by atoms with van der Waals surface area (Å²) in [5.41, 5.74) is 0.509. The summed E-state index contributed by atoms with van der Waals surface area (Å²) in [7, 11) is 1.30. The molecule has 1 aromatic carbocycles. The number of carbonyl (C=O) groups excluding carboxylic acids is 1. The number of methoxy groups -OCH3 is 1. The third-order valence-electron chi connectivity index (χ3n) is 2.63. The van der Waals surface area contributed by atoms with Gasteiger partial charge in [-0.3, -0.25) is 4.79 Å². The lowest BCUT2D eigenvalue weighted by atomic mass is 10.1. The average molecular weight is 251 g/mol. The monoisotopic (exact) mass is 251 g/mol. The minimum absolute atomic E-state index is 0.0163. The topological polar surface area (TPSA) is 39.2 Å². The first-order valence-corrected chi connectivity index (χ1v) is 5.42. The van der Waals surface area contributed by atoms with E-state index in [-0.39, 0.29) is 23.3 Å². The van der Waals surface area contributed by atoms with Gasteiger partial charge in [-0.15, -0.1) is 0 Å². The number of halogens is 2. The molecule has 1 aromatic heterocycles. The molecule has 0 fully saturated rings. The number of hydrogen-bond acceptors (Lipinski definition) is 3. The Labute approximate surface area is 102 Å². The number of carbonyl (C=O) groups is 1. The molecule has 3 nitrogen and oxygen atoms in total. The van der Waals surface area contributed by atoms with E-state index in [2.05, 4.69) is 9.72 Å². The molecule has 0 unspecified atom stereocenters. The van der Waals surface area contributed by atoms with Gasteiger partial charge in [0.1, 0.15) is 17.2 Å². The lowest BCUT2D eigenvalue weighted by Gasteiger charge is -2.04. The van der Waals surface area contributed by atoms with Crippen LogP contribution < -0.4 is 0 Å². The van der Waals surface area contributed by atoms with Gasteiger partial charge >= 0.3 is 5.97 Å².